The molecule has 1 aromatic carbocycles. The smallest absolute Gasteiger partial charge is 0.417 e. The number of amides is 1. The minimum atomic E-state index is -4.43. The van der Waals surface area contributed by atoms with Gasteiger partial charge < -0.3 is 10.1 Å². The number of benzene rings is 1. The first-order chi connectivity index (χ1) is 13.9. The number of ether oxygens (including phenoxy) is 1. The quantitative estimate of drug-likeness (QED) is 0.695. The van der Waals surface area contributed by atoms with Crippen molar-refractivity contribution in [2.24, 2.45) is 5.92 Å². The summed E-state index contributed by atoms with van der Waals surface area (Å²) in [6.45, 7) is 1.08. The molecule has 8 heteroatoms. The number of fused-ring (bicyclic) bond motifs is 1. The van der Waals surface area contributed by atoms with Crippen LogP contribution in [0, 0.1) is 5.92 Å². The lowest BCUT2D eigenvalue weighted by Gasteiger charge is -2.13. The molecule has 0 aliphatic carbocycles. The average molecular weight is 401 g/mol. The Bertz CT molecular complexity index is 1040. The number of hydrogen-bond acceptors (Lipinski definition) is 4. The third kappa shape index (κ3) is 4.31. The van der Waals surface area contributed by atoms with Crippen LogP contribution >= 0.6 is 0 Å². The summed E-state index contributed by atoms with van der Waals surface area (Å²) in [5.41, 5.74) is 0.898. The molecule has 2 aromatic heterocycles. The average Bonchev–Trinajstić information content (AvgIpc) is 3.12. The number of hydrogen-bond donors (Lipinski definition) is 1. The second kappa shape index (κ2) is 7.69. The number of carbonyl (C=O) groups excluding carboxylic acids is 1. The van der Waals surface area contributed by atoms with Crippen molar-refractivity contribution in [2.75, 3.05) is 13.2 Å². The summed E-state index contributed by atoms with van der Waals surface area (Å²) in [5, 5.41) is 3.61. The topological polar surface area (TPSA) is 64.1 Å². The number of carbonyl (C=O) groups is 1. The number of halogens is 3. The molecule has 3 aromatic rings. The number of nitrogens with zero attached hydrogens (tertiary/aromatic N) is 2. The molecule has 5 nitrogen and oxygen atoms in total. The van der Waals surface area contributed by atoms with Crippen LogP contribution in [0.2, 0.25) is 0 Å². The minimum Gasteiger partial charge on any atom is -0.493 e. The largest absolute Gasteiger partial charge is 0.493 e. The Hall–Kier alpha value is -3.16. The van der Waals surface area contributed by atoms with E-state index in [1.54, 1.807) is 24.4 Å². The molecule has 1 saturated heterocycles. The first kappa shape index (κ1) is 19.2. The van der Waals surface area contributed by atoms with Crippen molar-refractivity contribution in [1.82, 2.24) is 15.3 Å². The van der Waals surface area contributed by atoms with Crippen molar-refractivity contribution in [3.8, 4) is 17.0 Å². The van der Waals surface area contributed by atoms with E-state index in [0.29, 0.717) is 42.1 Å². The Morgan fingerprint density at radius 3 is 2.72 bits per heavy atom. The third-order valence-corrected chi connectivity index (χ3v) is 4.92. The molecule has 1 fully saturated rings. The van der Waals surface area contributed by atoms with Gasteiger partial charge >= 0.3 is 6.18 Å². The lowest BCUT2D eigenvalue weighted by atomic mass is 10.0. The second-order valence-electron chi connectivity index (χ2n) is 6.99. The zero-order valence-electron chi connectivity index (χ0n) is 15.4. The van der Waals surface area contributed by atoms with Crippen molar-refractivity contribution in [2.45, 2.75) is 19.0 Å². The predicted molar refractivity (Wildman–Crippen MR) is 101 cm³/mol. The Labute approximate surface area is 164 Å². The predicted octanol–water partition coefficient (Wildman–Crippen LogP) is 4.22. The molecule has 1 amide bonds. The maximum Gasteiger partial charge on any atom is 0.417 e. The van der Waals surface area contributed by atoms with Crippen LogP contribution < -0.4 is 10.1 Å². The van der Waals surface area contributed by atoms with Crippen LogP contribution in [-0.2, 0) is 11.0 Å². The molecule has 0 bridgehead atoms. The van der Waals surface area contributed by atoms with E-state index in [4.69, 9.17) is 4.74 Å². The summed E-state index contributed by atoms with van der Waals surface area (Å²) in [6, 6.07) is 9.56. The molecule has 1 aliphatic rings. The fraction of sp³-hybridized carbons (Fsp3) is 0.286. The fourth-order valence-electron chi connectivity index (χ4n) is 3.35. The zero-order chi connectivity index (χ0) is 20.4. The van der Waals surface area contributed by atoms with Crippen LogP contribution in [0.4, 0.5) is 13.2 Å². The second-order valence-corrected chi connectivity index (χ2v) is 6.99. The maximum atomic E-state index is 12.8. The van der Waals surface area contributed by atoms with Crippen LogP contribution in [-0.4, -0.2) is 29.0 Å². The molecule has 1 N–H and O–H groups in total. The fourth-order valence-corrected chi connectivity index (χ4v) is 3.35. The molecule has 3 heterocycles. The maximum absolute atomic E-state index is 12.8. The van der Waals surface area contributed by atoms with E-state index in [1.165, 1.54) is 6.07 Å². The van der Waals surface area contributed by atoms with E-state index in [0.717, 1.165) is 24.1 Å². The van der Waals surface area contributed by atoms with Gasteiger partial charge in [-0.1, -0.05) is 0 Å². The molecular weight excluding hydrogens is 383 g/mol. The van der Waals surface area contributed by atoms with E-state index in [-0.39, 0.29) is 11.8 Å². The summed E-state index contributed by atoms with van der Waals surface area (Å²) in [4.78, 5) is 19.6. The molecular formula is C21H18F3N3O2. The first-order valence-electron chi connectivity index (χ1n) is 9.22. The summed E-state index contributed by atoms with van der Waals surface area (Å²) >= 11 is 0. The van der Waals surface area contributed by atoms with Crippen molar-refractivity contribution < 1.29 is 22.7 Å². The lowest BCUT2D eigenvalue weighted by molar-refractivity contribution is -0.137. The molecule has 4 rings (SSSR count). The van der Waals surface area contributed by atoms with E-state index in [9.17, 15) is 18.0 Å². The minimum absolute atomic E-state index is 0.0556. The van der Waals surface area contributed by atoms with Gasteiger partial charge in [-0.15, -0.1) is 0 Å². The van der Waals surface area contributed by atoms with Gasteiger partial charge in [-0.3, -0.25) is 14.8 Å². The number of pyridine rings is 2. The monoisotopic (exact) mass is 401 g/mol. The van der Waals surface area contributed by atoms with Gasteiger partial charge in [-0.2, -0.15) is 13.2 Å². The van der Waals surface area contributed by atoms with Crippen LogP contribution in [0.15, 0.2) is 48.8 Å². The molecule has 1 aliphatic heterocycles. The molecule has 0 unspecified atom stereocenters. The van der Waals surface area contributed by atoms with Crippen molar-refractivity contribution in [3.05, 3.63) is 54.4 Å². The highest BCUT2D eigenvalue weighted by Crippen LogP contribution is 2.33. The van der Waals surface area contributed by atoms with Gasteiger partial charge in [-0.25, -0.2) is 0 Å². The first-order valence-corrected chi connectivity index (χ1v) is 9.22. The number of aromatic nitrogens is 2. The molecule has 150 valence electrons. The SMILES string of the molecule is O=C1C[C@@H](CCOc2cc(-c3ccc(C(F)(F)F)cn3)cc3ncccc23)CN1. The highest BCUT2D eigenvalue weighted by Gasteiger charge is 2.30. The third-order valence-electron chi connectivity index (χ3n) is 4.92. The van der Waals surface area contributed by atoms with Gasteiger partial charge in [0.15, 0.2) is 0 Å². The zero-order valence-corrected chi connectivity index (χ0v) is 15.4. The molecule has 0 spiro atoms. The van der Waals surface area contributed by atoms with Crippen molar-refractivity contribution in [3.63, 3.8) is 0 Å². The highest BCUT2D eigenvalue weighted by molar-refractivity contribution is 5.89. The normalized spacial score (nSPS) is 16.8. The van der Waals surface area contributed by atoms with Gasteiger partial charge in [0.05, 0.1) is 23.4 Å². The van der Waals surface area contributed by atoms with E-state index in [2.05, 4.69) is 15.3 Å². The van der Waals surface area contributed by atoms with Gasteiger partial charge in [0.2, 0.25) is 5.91 Å². The van der Waals surface area contributed by atoms with Crippen LogP contribution in [0.1, 0.15) is 18.4 Å². The van der Waals surface area contributed by atoms with E-state index in [1.807, 2.05) is 6.07 Å². The van der Waals surface area contributed by atoms with Gasteiger partial charge in [0, 0.05) is 36.3 Å². The summed E-state index contributed by atoms with van der Waals surface area (Å²) < 4.78 is 44.3. The van der Waals surface area contributed by atoms with E-state index < -0.39 is 11.7 Å². The van der Waals surface area contributed by atoms with Crippen molar-refractivity contribution >= 4 is 16.8 Å². The van der Waals surface area contributed by atoms with Gasteiger partial charge in [0.1, 0.15) is 5.75 Å². The van der Waals surface area contributed by atoms with Crippen LogP contribution in [0.5, 0.6) is 5.75 Å². The Morgan fingerprint density at radius 2 is 2.03 bits per heavy atom. The standard InChI is InChI=1S/C21H18F3N3O2/c22-21(23,24)15-3-4-17(26-12-15)14-9-18-16(2-1-6-25-18)19(10-14)29-7-5-13-8-20(28)27-11-13/h1-4,6,9-10,12-13H,5,7-8,11H2,(H,27,28)/t13-/m1/s1. The molecule has 0 radical (unpaired) electrons. The number of rotatable bonds is 5. The number of nitrogens with one attached hydrogen (secondary N) is 1. The highest BCUT2D eigenvalue weighted by atomic mass is 19.4. The number of alkyl halides is 3. The van der Waals surface area contributed by atoms with Gasteiger partial charge in [-0.05, 0) is 48.7 Å². The summed E-state index contributed by atoms with van der Waals surface area (Å²) in [7, 11) is 0. The molecule has 29 heavy (non-hydrogen) atoms. The Balaban J connectivity index is 1.59. The Kier molecular flexibility index (Phi) is 5.08. The van der Waals surface area contributed by atoms with E-state index >= 15 is 0 Å². The molecule has 0 saturated carbocycles. The summed E-state index contributed by atoms with van der Waals surface area (Å²) in [5.74, 6) is 0.885. The summed E-state index contributed by atoms with van der Waals surface area (Å²) in [6.07, 6.45) is -0.736. The van der Waals surface area contributed by atoms with Crippen LogP contribution in [0.3, 0.4) is 0 Å². The molecule has 1 atom stereocenters. The Morgan fingerprint density at radius 1 is 1.17 bits per heavy atom. The lowest BCUT2D eigenvalue weighted by Crippen LogP contribution is -2.14. The van der Waals surface area contributed by atoms with Crippen LogP contribution in [0.25, 0.3) is 22.2 Å². The van der Waals surface area contributed by atoms with Crippen molar-refractivity contribution in [1.29, 1.82) is 0 Å². The van der Waals surface area contributed by atoms with Gasteiger partial charge in [0.25, 0.3) is 0 Å².